The number of hydrogen-bond acceptors (Lipinski definition) is 5. The van der Waals surface area contributed by atoms with E-state index in [-0.39, 0.29) is 11.7 Å². The third-order valence-corrected chi connectivity index (χ3v) is 3.35. The van der Waals surface area contributed by atoms with E-state index in [0.717, 1.165) is 6.42 Å². The number of nitrogens with zero attached hydrogens (tertiary/aromatic N) is 4. The molecule has 7 nitrogen and oxygen atoms in total. The van der Waals surface area contributed by atoms with Crippen molar-refractivity contribution in [1.82, 2.24) is 15.0 Å². The summed E-state index contributed by atoms with van der Waals surface area (Å²) >= 11 is 3.29. The van der Waals surface area contributed by atoms with E-state index < -0.39 is 4.92 Å². The highest BCUT2D eigenvalue weighted by Crippen LogP contribution is 2.26. The van der Waals surface area contributed by atoms with Gasteiger partial charge in [-0.3, -0.25) is 10.1 Å². The fraction of sp³-hybridized carbons (Fsp3) is 0.273. The Morgan fingerprint density at radius 3 is 2.89 bits per heavy atom. The van der Waals surface area contributed by atoms with Gasteiger partial charge in [-0.2, -0.15) is 0 Å². The first-order chi connectivity index (χ1) is 9.02. The van der Waals surface area contributed by atoms with Gasteiger partial charge in [0.1, 0.15) is 0 Å². The summed E-state index contributed by atoms with van der Waals surface area (Å²) in [6, 6.07) is 4.29. The second-order valence-corrected chi connectivity index (χ2v) is 4.85. The van der Waals surface area contributed by atoms with Gasteiger partial charge in [0.15, 0.2) is 0 Å². The Labute approximate surface area is 117 Å². The van der Waals surface area contributed by atoms with Crippen LogP contribution < -0.4 is 5.73 Å². The molecular weight excluding hydrogens is 314 g/mol. The van der Waals surface area contributed by atoms with Gasteiger partial charge in [-0.1, -0.05) is 12.1 Å². The molecule has 0 bridgehead atoms. The van der Waals surface area contributed by atoms with Gasteiger partial charge in [0.25, 0.3) is 5.69 Å². The van der Waals surface area contributed by atoms with E-state index in [1.807, 2.05) is 6.92 Å². The minimum Gasteiger partial charge on any atom is -0.323 e. The van der Waals surface area contributed by atoms with Crippen molar-refractivity contribution in [3.63, 3.8) is 0 Å². The van der Waals surface area contributed by atoms with Crippen molar-refractivity contribution >= 4 is 21.6 Å². The summed E-state index contributed by atoms with van der Waals surface area (Å²) < 4.78 is 2.11. The Balaban J connectivity index is 2.37. The summed E-state index contributed by atoms with van der Waals surface area (Å²) in [4.78, 5) is 10.2. The van der Waals surface area contributed by atoms with Gasteiger partial charge in [0.2, 0.25) is 0 Å². The first-order valence-corrected chi connectivity index (χ1v) is 6.44. The predicted molar refractivity (Wildman–Crippen MR) is 72.9 cm³/mol. The maximum atomic E-state index is 10.7. The Morgan fingerprint density at radius 2 is 2.32 bits per heavy atom. The fourth-order valence-electron chi connectivity index (χ4n) is 1.57. The second-order valence-electron chi connectivity index (χ2n) is 4.00. The zero-order chi connectivity index (χ0) is 14.0. The van der Waals surface area contributed by atoms with Crippen LogP contribution in [0.1, 0.15) is 25.1 Å². The van der Waals surface area contributed by atoms with E-state index in [0.29, 0.717) is 15.9 Å². The van der Waals surface area contributed by atoms with Crippen molar-refractivity contribution in [3.8, 4) is 5.69 Å². The van der Waals surface area contributed by atoms with Gasteiger partial charge in [-0.25, -0.2) is 4.68 Å². The molecule has 0 radical (unpaired) electrons. The normalized spacial score (nSPS) is 12.4. The number of aromatic nitrogens is 3. The molecule has 0 fully saturated rings. The Bertz CT molecular complexity index is 613. The summed E-state index contributed by atoms with van der Waals surface area (Å²) in [6.45, 7) is 1.96. The van der Waals surface area contributed by atoms with E-state index in [2.05, 4.69) is 26.2 Å². The van der Waals surface area contributed by atoms with E-state index in [4.69, 9.17) is 5.73 Å². The number of non-ortho nitro benzene ring substituents is 1. The molecule has 1 unspecified atom stereocenters. The van der Waals surface area contributed by atoms with Crippen LogP contribution in [0, 0.1) is 10.1 Å². The maximum absolute atomic E-state index is 10.7. The highest BCUT2D eigenvalue weighted by Gasteiger charge is 2.13. The molecule has 0 aliphatic rings. The van der Waals surface area contributed by atoms with Crippen LogP contribution in [0.5, 0.6) is 0 Å². The molecule has 2 aromatic rings. The zero-order valence-electron chi connectivity index (χ0n) is 10.2. The zero-order valence-corrected chi connectivity index (χ0v) is 11.7. The lowest BCUT2D eigenvalue weighted by Gasteiger charge is -2.04. The molecule has 8 heteroatoms. The average molecular weight is 326 g/mol. The van der Waals surface area contributed by atoms with E-state index in [1.54, 1.807) is 16.9 Å². The fourth-order valence-corrected chi connectivity index (χ4v) is 2.12. The minimum absolute atomic E-state index is 0.0150. The first kappa shape index (κ1) is 13.6. The van der Waals surface area contributed by atoms with Crippen molar-refractivity contribution < 1.29 is 4.92 Å². The topological polar surface area (TPSA) is 99.9 Å². The van der Waals surface area contributed by atoms with Crippen molar-refractivity contribution in [1.29, 1.82) is 0 Å². The van der Waals surface area contributed by atoms with Gasteiger partial charge >= 0.3 is 0 Å². The smallest absolute Gasteiger partial charge is 0.270 e. The first-order valence-electron chi connectivity index (χ1n) is 5.65. The lowest BCUT2D eigenvalue weighted by molar-refractivity contribution is -0.384. The van der Waals surface area contributed by atoms with Crippen LogP contribution in [0.15, 0.2) is 28.9 Å². The number of hydrogen-bond donors (Lipinski definition) is 1. The standard InChI is InChI=1S/C11H12BrN5O2/c1-2-9(13)10-6-16(15-14-10)11-4-3-7(17(18)19)5-8(11)12/h3-6,9H,2,13H2,1H3. The van der Waals surface area contributed by atoms with Crippen LogP contribution in [0.3, 0.4) is 0 Å². The molecule has 0 aliphatic carbocycles. The number of nitro benzene ring substituents is 1. The number of rotatable bonds is 4. The minimum atomic E-state index is -0.450. The quantitative estimate of drug-likeness (QED) is 0.686. The molecule has 19 heavy (non-hydrogen) atoms. The predicted octanol–water partition coefficient (Wildman–Crippen LogP) is 2.35. The van der Waals surface area contributed by atoms with Crippen LogP contribution in [-0.2, 0) is 0 Å². The van der Waals surface area contributed by atoms with Gasteiger partial charge in [0, 0.05) is 12.1 Å². The van der Waals surface area contributed by atoms with Gasteiger partial charge in [-0.05, 0) is 28.4 Å². The van der Waals surface area contributed by atoms with Gasteiger partial charge in [-0.15, -0.1) is 5.10 Å². The van der Waals surface area contributed by atoms with Gasteiger partial charge in [0.05, 0.1) is 33.0 Å². The summed E-state index contributed by atoms with van der Waals surface area (Å²) in [6.07, 6.45) is 2.49. The molecule has 0 aliphatic heterocycles. The van der Waals surface area contributed by atoms with Crippen molar-refractivity contribution in [3.05, 3.63) is 44.7 Å². The molecule has 0 spiro atoms. The lowest BCUT2D eigenvalue weighted by atomic mass is 10.2. The van der Waals surface area contributed by atoms with Crippen LogP contribution in [-0.4, -0.2) is 19.9 Å². The van der Waals surface area contributed by atoms with Crippen LogP contribution in [0.4, 0.5) is 5.69 Å². The molecule has 2 N–H and O–H groups in total. The molecule has 2 rings (SSSR count). The molecule has 1 atom stereocenters. The highest BCUT2D eigenvalue weighted by atomic mass is 79.9. The molecule has 0 saturated carbocycles. The SMILES string of the molecule is CCC(N)c1cn(-c2ccc([N+](=O)[O-])cc2Br)nn1. The summed E-state index contributed by atoms with van der Waals surface area (Å²) in [7, 11) is 0. The monoisotopic (exact) mass is 325 g/mol. The summed E-state index contributed by atoms with van der Waals surface area (Å²) in [5, 5.41) is 18.6. The molecule has 1 aromatic carbocycles. The van der Waals surface area contributed by atoms with E-state index >= 15 is 0 Å². The molecule has 1 aromatic heterocycles. The number of halogens is 1. The molecule has 100 valence electrons. The summed E-state index contributed by atoms with van der Waals surface area (Å²) in [5.74, 6) is 0. The Kier molecular flexibility index (Phi) is 3.91. The molecule has 0 amide bonds. The highest BCUT2D eigenvalue weighted by molar-refractivity contribution is 9.10. The lowest BCUT2D eigenvalue weighted by Crippen LogP contribution is -2.08. The largest absolute Gasteiger partial charge is 0.323 e. The average Bonchev–Trinajstić information content (AvgIpc) is 2.87. The van der Waals surface area contributed by atoms with Crippen LogP contribution in [0.25, 0.3) is 5.69 Å². The van der Waals surface area contributed by atoms with E-state index in [9.17, 15) is 10.1 Å². The molecular formula is C11H12BrN5O2. The van der Waals surface area contributed by atoms with Crippen molar-refractivity contribution in [2.45, 2.75) is 19.4 Å². The van der Waals surface area contributed by atoms with Crippen LogP contribution in [0.2, 0.25) is 0 Å². The van der Waals surface area contributed by atoms with Gasteiger partial charge < -0.3 is 5.73 Å². The van der Waals surface area contributed by atoms with Crippen LogP contribution >= 0.6 is 15.9 Å². The third kappa shape index (κ3) is 2.79. The third-order valence-electron chi connectivity index (χ3n) is 2.72. The van der Waals surface area contributed by atoms with E-state index in [1.165, 1.54) is 12.1 Å². The van der Waals surface area contributed by atoms with Crippen molar-refractivity contribution in [2.75, 3.05) is 0 Å². The number of nitrogens with two attached hydrogens (primary N) is 1. The Hall–Kier alpha value is -1.80. The number of benzene rings is 1. The maximum Gasteiger partial charge on any atom is 0.270 e. The number of nitro groups is 1. The Morgan fingerprint density at radius 1 is 1.58 bits per heavy atom. The molecule has 0 saturated heterocycles. The molecule has 1 heterocycles. The van der Waals surface area contributed by atoms with Crippen molar-refractivity contribution in [2.24, 2.45) is 5.73 Å². The summed E-state index contributed by atoms with van der Waals surface area (Å²) in [5.41, 5.74) is 7.25. The second kappa shape index (κ2) is 5.45.